The molecule has 1 aromatic heterocycles. The van der Waals surface area contributed by atoms with Gasteiger partial charge in [-0.05, 0) is 38.3 Å². The smallest absolute Gasteiger partial charge is 0.270 e. The summed E-state index contributed by atoms with van der Waals surface area (Å²) in [5, 5.41) is 5.87. The number of nitrogens with zero attached hydrogens (tertiary/aromatic N) is 1. The van der Waals surface area contributed by atoms with Crippen LogP contribution in [0.2, 0.25) is 0 Å². The van der Waals surface area contributed by atoms with Gasteiger partial charge in [0.05, 0.1) is 0 Å². The molecular weight excluding hydrogens is 266 g/mol. The fourth-order valence-corrected chi connectivity index (χ4v) is 2.43. The molecule has 0 saturated heterocycles. The van der Waals surface area contributed by atoms with E-state index in [0.717, 1.165) is 19.3 Å². The second kappa shape index (κ2) is 7.20. The van der Waals surface area contributed by atoms with E-state index in [9.17, 15) is 9.59 Å². The average Bonchev–Trinajstić information content (AvgIpc) is 3.00. The molecule has 21 heavy (non-hydrogen) atoms. The SMILES string of the molecule is CCC(C)NC(=O)c1cc(C(=O)NC2CCCC2)ccn1. The summed E-state index contributed by atoms with van der Waals surface area (Å²) in [6, 6.07) is 3.56. The Hall–Kier alpha value is -1.91. The Kier molecular flexibility index (Phi) is 5.31. The van der Waals surface area contributed by atoms with Crippen LogP contribution in [0.4, 0.5) is 0 Å². The van der Waals surface area contributed by atoms with E-state index in [1.807, 2.05) is 13.8 Å². The number of amides is 2. The van der Waals surface area contributed by atoms with Crippen molar-refractivity contribution in [1.82, 2.24) is 15.6 Å². The Labute approximate surface area is 125 Å². The summed E-state index contributed by atoms with van der Waals surface area (Å²) < 4.78 is 0. The molecule has 0 spiro atoms. The molecule has 0 radical (unpaired) electrons. The van der Waals surface area contributed by atoms with Crippen LogP contribution in [-0.2, 0) is 0 Å². The van der Waals surface area contributed by atoms with Gasteiger partial charge in [0.15, 0.2) is 0 Å². The van der Waals surface area contributed by atoms with Crippen molar-refractivity contribution >= 4 is 11.8 Å². The van der Waals surface area contributed by atoms with Gasteiger partial charge >= 0.3 is 0 Å². The van der Waals surface area contributed by atoms with E-state index < -0.39 is 0 Å². The van der Waals surface area contributed by atoms with Crippen LogP contribution in [0.15, 0.2) is 18.3 Å². The molecule has 0 aliphatic heterocycles. The monoisotopic (exact) mass is 289 g/mol. The largest absolute Gasteiger partial charge is 0.349 e. The van der Waals surface area contributed by atoms with Gasteiger partial charge in [0, 0.05) is 23.8 Å². The Morgan fingerprint density at radius 1 is 1.33 bits per heavy atom. The van der Waals surface area contributed by atoms with E-state index in [1.54, 1.807) is 12.1 Å². The Morgan fingerprint density at radius 2 is 2.05 bits per heavy atom. The minimum absolute atomic E-state index is 0.0928. The number of carbonyl (C=O) groups is 2. The molecule has 1 unspecified atom stereocenters. The maximum absolute atomic E-state index is 12.2. The normalized spacial score (nSPS) is 16.5. The van der Waals surface area contributed by atoms with Crippen molar-refractivity contribution in [3.8, 4) is 0 Å². The molecule has 114 valence electrons. The summed E-state index contributed by atoms with van der Waals surface area (Å²) in [5.41, 5.74) is 0.778. The van der Waals surface area contributed by atoms with Gasteiger partial charge in [-0.15, -0.1) is 0 Å². The molecule has 2 N–H and O–H groups in total. The van der Waals surface area contributed by atoms with E-state index in [4.69, 9.17) is 0 Å². The summed E-state index contributed by atoms with van der Waals surface area (Å²) in [7, 11) is 0. The summed E-state index contributed by atoms with van der Waals surface area (Å²) in [6.07, 6.45) is 6.78. The van der Waals surface area contributed by atoms with Gasteiger partial charge in [-0.1, -0.05) is 19.8 Å². The number of nitrogens with one attached hydrogen (secondary N) is 2. The standard InChI is InChI=1S/C16H23N3O2/c1-3-11(2)18-16(21)14-10-12(8-9-17-14)15(20)19-13-6-4-5-7-13/h8-11,13H,3-7H2,1-2H3,(H,18,21)(H,19,20). The highest BCUT2D eigenvalue weighted by Crippen LogP contribution is 2.18. The predicted molar refractivity (Wildman–Crippen MR) is 81.2 cm³/mol. The fraction of sp³-hybridized carbons (Fsp3) is 0.562. The molecule has 1 saturated carbocycles. The lowest BCUT2D eigenvalue weighted by Crippen LogP contribution is -2.34. The molecule has 0 bridgehead atoms. The number of hydrogen-bond donors (Lipinski definition) is 2. The number of rotatable bonds is 5. The lowest BCUT2D eigenvalue weighted by atomic mass is 10.1. The number of aromatic nitrogens is 1. The minimum Gasteiger partial charge on any atom is -0.349 e. The van der Waals surface area contributed by atoms with Crippen LogP contribution in [0, 0.1) is 0 Å². The maximum Gasteiger partial charge on any atom is 0.270 e. The highest BCUT2D eigenvalue weighted by Gasteiger charge is 2.19. The lowest BCUT2D eigenvalue weighted by molar-refractivity contribution is 0.0934. The first kappa shape index (κ1) is 15.5. The highest BCUT2D eigenvalue weighted by molar-refractivity contribution is 5.98. The van der Waals surface area contributed by atoms with Crippen LogP contribution >= 0.6 is 0 Å². The summed E-state index contributed by atoms with van der Waals surface area (Å²) in [6.45, 7) is 3.94. The van der Waals surface area contributed by atoms with E-state index in [0.29, 0.717) is 5.56 Å². The van der Waals surface area contributed by atoms with Crippen molar-refractivity contribution < 1.29 is 9.59 Å². The van der Waals surface area contributed by atoms with Crippen molar-refractivity contribution in [2.24, 2.45) is 0 Å². The lowest BCUT2D eigenvalue weighted by Gasteiger charge is -2.13. The molecule has 1 atom stereocenters. The first-order valence-corrected chi connectivity index (χ1v) is 7.68. The van der Waals surface area contributed by atoms with Gasteiger partial charge < -0.3 is 10.6 Å². The Morgan fingerprint density at radius 3 is 2.71 bits per heavy atom. The van der Waals surface area contributed by atoms with Crippen molar-refractivity contribution in [1.29, 1.82) is 0 Å². The van der Waals surface area contributed by atoms with Crippen molar-refractivity contribution in [3.63, 3.8) is 0 Å². The third-order valence-corrected chi connectivity index (χ3v) is 3.94. The zero-order valence-corrected chi connectivity index (χ0v) is 12.7. The second-order valence-corrected chi connectivity index (χ2v) is 5.67. The van der Waals surface area contributed by atoms with Crippen LogP contribution in [0.1, 0.15) is 66.8 Å². The third-order valence-electron chi connectivity index (χ3n) is 3.94. The molecule has 1 aliphatic rings. The molecule has 0 aromatic carbocycles. The van der Waals surface area contributed by atoms with E-state index in [-0.39, 0.29) is 29.6 Å². The molecule has 1 aromatic rings. The van der Waals surface area contributed by atoms with Crippen LogP contribution < -0.4 is 10.6 Å². The van der Waals surface area contributed by atoms with Crippen LogP contribution in [0.5, 0.6) is 0 Å². The minimum atomic E-state index is -0.236. The van der Waals surface area contributed by atoms with Crippen molar-refractivity contribution in [3.05, 3.63) is 29.6 Å². The van der Waals surface area contributed by atoms with Crippen LogP contribution in [-0.4, -0.2) is 28.9 Å². The van der Waals surface area contributed by atoms with Crippen molar-refractivity contribution in [2.45, 2.75) is 58.0 Å². The Bertz CT molecular complexity index is 510. The van der Waals surface area contributed by atoms with Gasteiger partial charge in [0.1, 0.15) is 5.69 Å². The summed E-state index contributed by atoms with van der Waals surface area (Å²) in [5.74, 6) is -0.359. The molecule has 2 rings (SSSR count). The van der Waals surface area contributed by atoms with Gasteiger partial charge in [0.25, 0.3) is 11.8 Å². The number of carbonyl (C=O) groups excluding carboxylic acids is 2. The van der Waals surface area contributed by atoms with Gasteiger partial charge in [-0.2, -0.15) is 0 Å². The molecular formula is C16H23N3O2. The topological polar surface area (TPSA) is 71.1 Å². The Balaban J connectivity index is 2.02. The van der Waals surface area contributed by atoms with E-state index in [2.05, 4.69) is 15.6 Å². The van der Waals surface area contributed by atoms with Crippen molar-refractivity contribution in [2.75, 3.05) is 0 Å². The zero-order valence-electron chi connectivity index (χ0n) is 12.7. The zero-order chi connectivity index (χ0) is 15.2. The quantitative estimate of drug-likeness (QED) is 0.873. The van der Waals surface area contributed by atoms with Gasteiger partial charge in [0.2, 0.25) is 0 Å². The fourth-order valence-electron chi connectivity index (χ4n) is 2.43. The molecule has 5 heteroatoms. The third kappa shape index (κ3) is 4.28. The summed E-state index contributed by atoms with van der Waals surface area (Å²) in [4.78, 5) is 28.3. The first-order chi connectivity index (χ1) is 10.1. The molecule has 2 amide bonds. The van der Waals surface area contributed by atoms with Gasteiger partial charge in [-0.3, -0.25) is 14.6 Å². The average molecular weight is 289 g/mol. The molecule has 1 fully saturated rings. The second-order valence-electron chi connectivity index (χ2n) is 5.67. The molecule has 1 aliphatic carbocycles. The van der Waals surface area contributed by atoms with E-state index >= 15 is 0 Å². The molecule has 5 nitrogen and oxygen atoms in total. The predicted octanol–water partition coefficient (Wildman–Crippen LogP) is 2.28. The number of hydrogen-bond acceptors (Lipinski definition) is 3. The van der Waals surface area contributed by atoms with Crippen LogP contribution in [0.25, 0.3) is 0 Å². The summed E-state index contributed by atoms with van der Waals surface area (Å²) >= 11 is 0. The maximum atomic E-state index is 12.2. The number of pyridine rings is 1. The molecule has 1 heterocycles. The van der Waals surface area contributed by atoms with Crippen LogP contribution in [0.3, 0.4) is 0 Å². The van der Waals surface area contributed by atoms with Gasteiger partial charge in [-0.25, -0.2) is 0 Å². The highest BCUT2D eigenvalue weighted by atomic mass is 16.2. The van der Waals surface area contributed by atoms with E-state index in [1.165, 1.54) is 19.0 Å². The first-order valence-electron chi connectivity index (χ1n) is 7.68.